The lowest BCUT2D eigenvalue weighted by molar-refractivity contribution is 0.0945. The standard InChI is InChI=1S/C17H16ClN5O/c1-12-5-4-8-19-15(12)9-20-17(24)16-11-23(22-21-16)10-13-6-2-3-7-14(13)18/h2-8,11H,9-10H2,1H3,(H,20,24). The number of rotatable bonds is 5. The molecule has 2 heterocycles. The Balaban J connectivity index is 1.64. The molecule has 0 radical (unpaired) electrons. The molecule has 1 N–H and O–H groups in total. The smallest absolute Gasteiger partial charge is 0.273 e. The molecule has 3 rings (SSSR count). The van der Waals surface area contributed by atoms with Gasteiger partial charge in [0.1, 0.15) is 0 Å². The second-order valence-corrected chi connectivity index (χ2v) is 5.75. The van der Waals surface area contributed by atoms with Crippen LogP contribution in [-0.2, 0) is 13.1 Å². The van der Waals surface area contributed by atoms with Crippen LogP contribution < -0.4 is 5.32 Å². The Hall–Kier alpha value is -2.73. The van der Waals surface area contributed by atoms with Crippen LogP contribution in [0.15, 0.2) is 48.8 Å². The van der Waals surface area contributed by atoms with E-state index in [1.54, 1.807) is 17.1 Å². The van der Waals surface area contributed by atoms with Gasteiger partial charge in [-0.2, -0.15) is 0 Å². The number of benzene rings is 1. The molecule has 24 heavy (non-hydrogen) atoms. The summed E-state index contributed by atoms with van der Waals surface area (Å²) in [5, 5.41) is 11.4. The van der Waals surface area contributed by atoms with Crippen LogP contribution in [0.4, 0.5) is 0 Å². The van der Waals surface area contributed by atoms with E-state index in [0.29, 0.717) is 18.1 Å². The molecule has 0 aliphatic rings. The molecule has 1 amide bonds. The van der Waals surface area contributed by atoms with E-state index in [0.717, 1.165) is 16.8 Å². The normalized spacial score (nSPS) is 10.6. The molecule has 0 fully saturated rings. The maximum atomic E-state index is 12.2. The number of amides is 1. The monoisotopic (exact) mass is 341 g/mol. The van der Waals surface area contributed by atoms with E-state index in [2.05, 4.69) is 20.6 Å². The molecule has 0 saturated carbocycles. The molecular weight excluding hydrogens is 326 g/mol. The van der Waals surface area contributed by atoms with E-state index in [1.165, 1.54) is 0 Å². The number of aromatic nitrogens is 4. The van der Waals surface area contributed by atoms with Crippen molar-refractivity contribution in [1.82, 2.24) is 25.3 Å². The van der Waals surface area contributed by atoms with Crippen molar-refractivity contribution in [2.75, 3.05) is 0 Å². The summed E-state index contributed by atoms with van der Waals surface area (Å²) in [6.45, 7) is 2.76. The maximum absolute atomic E-state index is 12.2. The molecule has 6 nitrogen and oxygen atoms in total. The molecule has 3 aromatic rings. The van der Waals surface area contributed by atoms with Crippen LogP contribution in [0.5, 0.6) is 0 Å². The van der Waals surface area contributed by atoms with Gasteiger partial charge in [0.25, 0.3) is 5.91 Å². The summed E-state index contributed by atoms with van der Waals surface area (Å²) in [4.78, 5) is 16.4. The average Bonchev–Trinajstić information content (AvgIpc) is 3.05. The topological polar surface area (TPSA) is 72.7 Å². The summed E-state index contributed by atoms with van der Waals surface area (Å²) in [6.07, 6.45) is 3.30. The Morgan fingerprint density at radius 1 is 1.25 bits per heavy atom. The zero-order valence-corrected chi connectivity index (χ0v) is 13.9. The highest BCUT2D eigenvalue weighted by molar-refractivity contribution is 6.31. The first-order chi connectivity index (χ1) is 11.6. The zero-order valence-electron chi connectivity index (χ0n) is 13.1. The van der Waals surface area contributed by atoms with Crippen LogP contribution in [0.2, 0.25) is 5.02 Å². The molecule has 2 aromatic heterocycles. The van der Waals surface area contributed by atoms with Crippen molar-refractivity contribution in [3.8, 4) is 0 Å². The van der Waals surface area contributed by atoms with Gasteiger partial charge in [0.2, 0.25) is 0 Å². The van der Waals surface area contributed by atoms with Gasteiger partial charge in [-0.25, -0.2) is 4.68 Å². The van der Waals surface area contributed by atoms with Crippen LogP contribution in [-0.4, -0.2) is 25.9 Å². The molecular formula is C17H16ClN5O. The fourth-order valence-corrected chi connectivity index (χ4v) is 2.43. The quantitative estimate of drug-likeness (QED) is 0.774. The minimum Gasteiger partial charge on any atom is -0.345 e. The summed E-state index contributed by atoms with van der Waals surface area (Å²) < 4.78 is 1.59. The Morgan fingerprint density at radius 3 is 2.88 bits per heavy atom. The number of nitrogens with zero attached hydrogens (tertiary/aromatic N) is 4. The Kier molecular flexibility index (Phi) is 4.86. The first-order valence-corrected chi connectivity index (χ1v) is 7.83. The third kappa shape index (κ3) is 3.78. The van der Waals surface area contributed by atoms with Crippen LogP contribution >= 0.6 is 11.6 Å². The van der Waals surface area contributed by atoms with Crippen LogP contribution in [0.25, 0.3) is 0 Å². The summed E-state index contributed by atoms with van der Waals surface area (Å²) in [7, 11) is 0. The number of carbonyl (C=O) groups excluding carboxylic acids is 1. The lowest BCUT2D eigenvalue weighted by Gasteiger charge is -2.05. The predicted molar refractivity (Wildman–Crippen MR) is 90.7 cm³/mol. The molecule has 1 aromatic carbocycles. The fourth-order valence-electron chi connectivity index (χ4n) is 2.24. The van der Waals surface area contributed by atoms with Crippen molar-refractivity contribution in [3.63, 3.8) is 0 Å². The molecule has 0 unspecified atom stereocenters. The van der Waals surface area contributed by atoms with Crippen molar-refractivity contribution >= 4 is 17.5 Å². The summed E-state index contributed by atoms with van der Waals surface area (Å²) in [5.41, 5.74) is 3.03. The highest BCUT2D eigenvalue weighted by Crippen LogP contribution is 2.15. The number of pyridine rings is 1. The summed E-state index contributed by atoms with van der Waals surface area (Å²) in [5.74, 6) is -0.287. The first kappa shape index (κ1) is 16.1. The Morgan fingerprint density at radius 2 is 2.08 bits per heavy atom. The summed E-state index contributed by atoms with van der Waals surface area (Å²) in [6, 6.07) is 11.3. The third-order valence-electron chi connectivity index (χ3n) is 3.60. The van der Waals surface area contributed by atoms with Gasteiger partial charge < -0.3 is 5.32 Å². The van der Waals surface area contributed by atoms with Gasteiger partial charge in [0.05, 0.1) is 25.0 Å². The average molecular weight is 342 g/mol. The van der Waals surface area contributed by atoms with Gasteiger partial charge in [-0.05, 0) is 30.2 Å². The predicted octanol–water partition coefficient (Wildman–Crippen LogP) is 2.61. The fraction of sp³-hybridized carbons (Fsp3) is 0.176. The highest BCUT2D eigenvalue weighted by Gasteiger charge is 2.12. The van der Waals surface area contributed by atoms with Crippen LogP contribution in [0.1, 0.15) is 27.3 Å². The van der Waals surface area contributed by atoms with Crippen molar-refractivity contribution in [1.29, 1.82) is 0 Å². The van der Waals surface area contributed by atoms with Crippen LogP contribution in [0.3, 0.4) is 0 Å². The molecule has 0 saturated heterocycles. The SMILES string of the molecule is Cc1cccnc1CNC(=O)c1cn(Cc2ccccc2Cl)nn1. The lowest BCUT2D eigenvalue weighted by atomic mass is 10.2. The Labute approximate surface area is 144 Å². The Bertz CT molecular complexity index is 861. The van der Waals surface area contributed by atoms with E-state index >= 15 is 0 Å². The zero-order chi connectivity index (χ0) is 16.9. The first-order valence-electron chi connectivity index (χ1n) is 7.45. The molecule has 0 atom stereocenters. The lowest BCUT2D eigenvalue weighted by Crippen LogP contribution is -2.24. The van der Waals surface area contributed by atoms with Crippen molar-refractivity contribution in [2.45, 2.75) is 20.0 Å². The number of hydrogen-bond acceptors (Lipinski definition) is 4. The minimum atomic E-state index is -0.287. The van der Waals surface area contributed by atoms with Crippen molar-refractivity contribution in [2.24, 2.45) is 0 Å². The van der Waals surface area contributed by atoms with Gasteiger partial charge >= 0.3 is 0 Å². The highest BCUT2D eigenvalue weighted by atomic mass is 35.5. The number of hydrogen-bond donors (Lipinski definition) is 1. The number of nitrogens with one attached hydrogen (secondary N) is 1. The second-order valence-electron chi connectivity index (χ2n) is 5.34. The molecule has 0 aliphatic heterocycles. The number of aryl methyl sites for hydroxylation is 1. The third-order valence-corrected chi connectivity index (χ3v) is 3.96. The number of carbonyl (C=O) groups is 1. The van der Waals surface area contributed by atoms with E-state index in [1.807, 2.05) is 43.3 Å². The van der Waals surface area contributed by atoms with E-state index < -0.39 is 0 Å². The van der Waals surface area contributed by atoms with Gasteiger partial charge in [-0.3, -0.25) is 9.78 Å². The van der Waals surface area contributed by atoms with E-state index in [-0.39, 0.29) is 11.6 Å². The van der Waals surface area contributed by atoms with E-state index in [4.69, 9.17) is 11.6 Å². The van der Waals surface area contributed by atoms with Gasteiger partial charge in [0.15, 0.2) is 5.69 Å². The minimum absolute atomic E-state index is 0.260. The maximum Gasteiger partial charge on any atom is 0.273 e. The van der Waals surface area contributed by atoms with Crippen LogP contribution in [0, 0.1) is 6.92 Å². The van der Waals surface area contributed by atoms with Gasteiger partial charge in [-0.15, -0.1) is 5.10 Å². The van der Waals surface area contributed by atoms with Crippen molar-refractivity contribution in [3.05, 3.63) is 76.3 Å². The van der Waals surface area contributed by atoms with Gasteiger partial charge in [0, 0.05) is 11.2 Å². The molecule has 0 bridgehead atoms. The molecule has 122 valence electrons. The second kappa shape index (κ2) is 7.23. The van der Waals surface area contributed by atoms with Gasteiger partial charge in [-0.1, -0.05) is 41.1 Å². The van der Waals surface area contributed by atoms with E-state index in [9.17, 15) is 4.79 Å². The summed E-state index contributed by atoms with van der Waals surface area (Å²) >= 11 is 6.13. The molecule has 0 aliphatic carbocycles. The molecule has 7 heteroatoms. The number of halogens is 1. The largest absolute Gasteiger partial charge is 0.345 e. The van der Waals surface area contributed by atoms with Crippen molar-refractivity contribution < 1.29 is 4.79 Å². The molecule has 0 spiro atoms.